The number of rotatable bonds is 10. The predicted molar refractivity (Wildman–Crippen MR) is 157 cm³/mol. The number of fused-ring (bicyclic) bond motifs is 1. The van der Waals surface area contributed by atoms with Crippen molar-refractivity contribution in [2.24, 2.45) is 12.5 Å². The van der Waals surface area contributed by atoms with E-state index in [4.69, 9.17) is 16.3 Å². The minimum Gasteiger partial charge on any atom is -0.487 e. The summed E-state index contributed by atoms with van der Waals surface area (Å²) in [6, 6.07) is 12.8. The molecule has 0 spiro atoms. The van der Waals surface area contributed by atoms with Gasteiger partial charge in [0.1, 0.15) is 23.3 Å². The molecular formula is C29H23BrClF5N4O4. The highest BCUT2D eigenvalue weighted by molar-refractivity contribution is 9.10. The summed E-state index contributed by atoms with van der Waals surface area (Å²) in [5.74, 6) is -2.58. The number of halogens is 7. The Kier molecular flexibility index (Phi) is 8.51. The summed E-state index contributed by atoms with van der Waals surface area (Å²) < 4.78 is 73.3. The number of nitrogens with one attached hydrogen (secondary N) is 2. The molecule has 1 heterocycles. The highest BCUT2D eigenvalue weighted by atomic mass is 79.9. The van der Waals surface area contributed by atoms with E-state index in [9.17, 15) is 36.6 Å². The molecule has 1 aliphatic rings. The molecule has 0 unspecified atom stereocenters. The van der Waals surface area contributed by atoms with Crippen LogP contribution in [0, 0.1) is 5.41 Å². The number of hydrogen-bond donors (Lipinski definition) is 3. The van der Waals surface area contributed by atoms with E-state index in [2.05, 4.69) is 31.5 Å². The Bertz CT molecular complexity index is 1760. The molecule has 0 bridgehead atoms. The molecule has 0 atom stereocenters. The predicted octanol–water partition coefficient (Wildman–Crippen LogP) is 7.70. The van der Waals surface area contributed by atoms with Crippen molar-refractivity contribution in [3.8, 4) is 16.9 Å². The third-order valence-electron chi connectivity index (χ3n) is 7.29. The Morgan fingerprint density at radius 2 is 1.84 bits per heavy atom. The van der Waals surface area contributed by atoms with Gasteiger partial charge >= 0.3 is 12.1 Å². The lowest BCUT2D eigenvalue weighted by molar-refractivity contribution is -0.192. The number of imidazole rings is 1. The zero-order chi connectivity index (χ0) is 32.0. The first-order valence-corrected chi connectivity index (χ1v) is 14.2. The number of ether oxygens (including phenoxy) is 1. The topological polar surface area (TPSA) is 105 Å². The van der Waals surface area contributed by atoms with Gasteiger partial charge in [-0.2, -0.15) is 13.2 Å². The molecule has 4 aromatic rings. The Hall–Kier alpha value is -3.91. The molecule has 1 aliphatic carbocycles. The number of carbonyl (C=O) groups is 2. The molecular weight excluding hydrogens is 679 g/mol. The van der Waals surface area contributed by atoms with Crippen molar-refractivity contribution >= 4 is 62.1 Å². The fraction of sp³-hybridized carbons (Fsp3) is 0.276. The zero-order valence-electron chi connectivity index (χ0n) is 22.7. The highest BCUT2D eigenvalue weighted by Gasteiger charge is 2.68. The van der Waals surface area contributed by atoms with Crippen LogP contribution in [0.25, 0.3) is 22.2 Å². The van der Waals surface area contributed by atoms with Gasteiger partial charge in [0.15, 0.2) is 0 Å². The fourth-order valence-electron chi connectivity index (χ4n) is 4.72. The second kappa shape index (κ2) is 11.9. The van der Waals surface area contributed by atoms with E-state index in [1.807, 2.05) is 0 Å². The van der Waals surface area contributed by atoms with Gasteiger partial charge < -0.3 is 25.0 Å². The van der Waals surface area contributed by atoms with E-state index in [0.717, 1.165) is 4.47 Å². The van der Waals surface area contributed by atoms with Crippen molar-refractivity contribution in [3.05, 3.63) is 69.2 Å². The van der Waals surface area contributed by atoms with Crippen molar-refractivity contribution in [3.63, 3.8) is 0 Å². The van der Waals surface area contributed by atoms with E-state index in [0.29, 0.717) is 27.9 Å². The number of amides is 1. The maximum Gasteiger partial charge on any atom is 0.403 e. The molecule has 3 aromatic carbocycles. The first kappa shape index (κ1) is 31.5. The molecule has 8 nitrogen and oxygen atoms in total. The molecule has 0 saturated heterocycles. The summed E-state index contributed by atoms with van der Waals surface area (Å²) in [4.78, 5) is 28.7. The molecule has 5 rings (SSSR count). The molecule has 0 aliphatic heterocycles. The van der Waals surface area contributed by atoms with Crippen LogP contribution in [-0.2, 0) is 18.4 Å². The number of benzene rings is 3. The van der Waals surface area contributed by atoms with E-state index in [-0.39, 0.29) is 47.2 Å². The van der Waals surface area contributed by atoms with Gasteiger partial charge in [0, 0.05) is 29.7 Å². The number of alkyl halides is 5. The van der Waals surface area contributed by atoms with Crippen LogP contribution in [0.1, 0.15) is 28.8 Å². The maximum atomic E-state index is 13.5. The van der Waals surface area contributed by atoms with E-state index in [1.165, 1.54) is 16.7 Å². The van der Waals surface area contributed by atoms with Crippen LogP contribution in [0.3, 0.4) is 0 Å². The van der Waals surface area contributed by atoms with Crippen molar-refractivity contribution in [2.45, 2.75) is 32.0 Å². The van der Waals surface area contributed by atoms with Gasteiger partial charge in [0.2, 0.25) is 11.9 Å². The van der Waals surface area contributed by atoms with E-state index >= 15 is 0 Å². The number of aromatic carboxylic acids is 1. The van der Waals surface area contributed by atoms with Crippen molar-refractivity contribution in [2.75, 3.05) is 11.9 Å². The molecule has 232 valence electrons. The summed E-state index contributed by atoms with van der Waals surface area (Å²) >= 11 is 10.2. The standard InChI is InChI=1S/C29H23BrClF5N4O4/c1-40-21-11-22(44-13-23(32)33)18(25(41)42)10-19(21)38-27(40)39-20-9-14(12-37-26(43)28(6-7-28)29(34,35)36)8-17(24(20)31)15-2-4-16(30)5-3-15/h2-5,8-11,23H,6-7,12-13H2,1H3,(H,37,43)(H,38,39)(H,41,42). The molecule has 1 fully saturated rings. The number of anilines is 2. The summed E-state index contributed by atoms with van der Waals surface area (Å²) in [6.07, 6.45) is -8.02. The lowest BCUT2D eigenvalue weighted by Gasteiger charge is -2.19. The molecule has 1 aromatic heterocycles. The molecule has 3 N–H and O–H groups in total. The third kappa shape index (κ3) is 6.18. The Morgan fingerprint density at radius 1 is 1.16 bits per heavy atom. The Morgan fingerprint density at radius 3 is 2.43 bits per heavy atom. The third-order valence-corrected chi connectivity index (χ3v) is 8.23. The lowest BCUT2D eigenvalue weighted by atomic mass is 10.0. The van der Waals surface area contributed by atoms with E-state index in [1.54, 1.807) is 43.4 Å². The summed E-state index contributed by atoms with van der Waals surface area (Å²) in [5, 5.41) is 15.3. The van der Waals surface area contributed by atoms with E-state index < -0.39 is 36.5 Å². The van der Waals surface area contributed by atoms with Crippen LogP contribution in [0.5, 0.6) is 5.75 Å². The van der Waals surface area contributed by atoms with Gasteiger partial charge in [0.25, 0.3) is 6.43 Å². The molecule has 1 amide bonds. The van der Waals surface area contributed by atoms with Crippen molar-refractivity contribution in [1.29, 1.82) is 0 Å². The van der Waals surface area contributed by atoms with Gasteiger partial charge in [0.05, 0.1) is 21.7 Å². The van der Waals surface area contributed by atoms with Gasteiger partial charge in [-0.05, 0) is 54.3 Å². The van der Waals surface area contributed by atoms with Crippen molar-refractivity contribution < 1.29 is 41.4 Å². The normalized spacial score (nSPS) is 14.1. The molecule has 44 heavy (non-hydrogen) atoms. The van der Waals surface area contributed by atoms with Gasteiger partial charge in [-0.3, -0.25) is 4.79 Å². The van der Waals surface area contributed by atoms with Gasteiger partial charge in [-0.15, -0.1) is 0 Å². The summed E-state index contributed by atoms with van der Waals surface area (Å²) in [5.41, 5.74) is -0.240. The maximum absolute atomic E-state index is 13.5. The fourth-order valence-corrected chi connectivity index (χ4v) is 5.25. The largest absolute Gasteiger partial charge is 0.487 e. The average molecular weight is 702 g/mol. The number of aryl methyl sites for hydroxylation is 1. The number of carbonyl (C=O) groups excluding carboxylic acids is 1. The second-order valence-electron chi connectivity index (χ2n) is 10.2. The summed E-state index contributed by atoms with van der Waals surface area (Å²) in [6.45, 7) is -1.22. The highest BCUT2D eigenvalue weighted by Crippen LogP contribution is 2.57. The molecule has 15 heteroatoms. The minimum atomic E-state index is -4.66. The first-order chi connectivity index (χ1) is 20.7. The quantitative estimate of drug-likeness (QED) is 0.147. The SMILES string of the molecule is Cn1c(Nc2cc(CNC(=O)C3(C(F)(F)F)CC3)cc(-c3ccc(Br)cc3)c2Cl)nc2cc(C(=O)O)c(OCC(F)F)cc21. The number of carboxylic acid groups (broad SMARTS) is 1. The minimum absolute atomic E-state index is 0.182. The number of aromatic nitrogens is 2. The van der Waals surface area contributed by atoms with Crippen molar-refractivity contribution in [1.82, 2.24) is 14.9 Å². The first-order valence-electron chi connectivity index (χ1n) is 13.1. The van der Waals surface area contributed by atoms with Crippen LogP contribution >= 0.6 is 27.5 Å². The lowest BCUT2D eigenvalue weighted by Crippen LogP contribution is -2.40. The zero-order valence-corrected chi connectivity index (χ0v) is 25.1. The van der Waals surface area contributed by atoms with Crippen LogP contribution in [-0.4, -0.2) is 45.7 Å². The molecule has 1 saturated carbocycles. The average Bonchev–Trinajstić information content (AvgIpc) is 3.73. The number of nitrogens with zero attached hydrogens (tertiary/aromatic N) is 2. The number of hydrogen-bond acceptors (Lipinski definition) is 5. The van der Waals surface area contributed by atoms with Crippen LogP contribution < -0.4 is 15.4 Å². The molecule has 0 radical (unpaired) electrons. The monoisotopic (exact) mass is 700 g/mol. The number of carboxylic acids is 1. The van der Waals surface area contributed by atoms with Crippen LogP contribution in [0.4, 0.5) is 33.6 Å². The second-order valence-corrected chi connectivity index (χ2v) is 11.5. The Balaban J connectivity index is 1.52. The summed E-state index contributed by atoms with van der Waals surface area (Å²) in [7, 11) is 1.59. The van der Waals surface area contributed by atoms with Crippen LogP contribution in [0.15, 0.2) is 53.0 Å². The van der Waals surface area contributed by atoms with Gasteiger partial charge in [-0.1, -0.05) is 39.7 Å². The Labute approximate surface area is 260 Å². The van der Waals surface area contributed by atoms with Crippen LogP contribution in [0.2, 0.25) is 5.02 Å². The van der Waals surface area contributed by atoms with Gasteiger partial charge in [-0.25, -0.2) is 18.6 Å². The smallest absolute Gasteiger partial charge is 0.403 e.